The Balaban J connectivity index is 1.89. The molecule has 0 bridgehead atoms. The van der Waals surface area contributed by atoms with Gasteiger partial charge in [0.2, 0.25) is 0 Å². The molecular weight excluding hydrogens is 247 g/mol. The molecule has 2 aromatic heterocycles. The van der Waals surface area contributed by atoms with Crippen molar-refractivity contribution in [3.05, 3.63) is 53.3 Å². The Morgan fingerprint density at radius 2 is 2.21 bits per heavy atom. The maximum atomic E-state index is 13.1. The molecule has 0 amide bonds. The van der Waals surface area contributed by atoms with Gasteiger partial charge in [0, 0.05) is 17.0 Å². The van der Waals surface area contributed by atoms with Crippen molar-refractivity contribution in [3.8, 4) is 0 Å². The predicted molar refractivity (Wildman–Crippen MR) is 67.5 cm³/mol. The lowest BCUT2D eigenvalue weighted by Crippen LogP contribution is -2.03. The summed E-state index contributed by atoms with van der Waals surface area (Å²) >= 11 is 0. The molecule has 3 rings (SSSR count). The van der Waals surface area contributed by atoms with Crippen molar-refractivity contribution >= 4 is 16.7 Å². The highest BCUT2D eigenvalue weighted by atomic mass is 19.1. The number of rotatable bonds is 3. The molecule has 0 aliphatic heterocycles. The van der Waals surface area contributed by atoms with Crippen LogP contribution < -0.4 is 0 Å². The SMILES string of the molecule is Cc1cc(CC(=O)c2cc3cc(F)ccc3[nH]2)no1. The molecule has 0 spiro atoms. The van der Waals surface area contributed by atoms with Crippen LogP contribution in [0.15, 0.2) is 34.9 Å². The number of nitrogens with zero attached hydrogens (tertiary/aromatic N) is 1. The van der Waals surface area contributed by atoms with Crippen molar-refractivity contribution in [1.29, 1.82) is 0 Å². The van der Waals surface area contributed by atoms with E-state index in [-0.39, 0.29) is 18.0 Å². The summed E-state index contributed by atoms with van der Waals surface area (Å²) in [5.74, 6) is 0.240. The lowest BCUT2D eigenvalue weighted by atomic mass is 10.1. The minimum absolute atomic E-state index is 0.107. The summed E-state index contributed by atoms with van der Waals surface area (Å²) in [7, 11) is 0. The minimum Gasteiger partial charge on any atom is -0.361 e. The monoisotopic (exact) mass is 258 g/mol. The molecule has 19 heavy (non-hydrogen) atoms. The summed E-state index contributed by atoms with van der Waals surface area (Å²) in [6.45, 7) is 1.77. The molecule has 4 nitrogen and oxygen atoms in total. The van der Waals surface area contributed by atoms with Gasteiger partial charge in [0.15, 0.2) is 5.78 Å². The third-order valence-corrected chi connectivity index (χ3v) is 2.90. The van der Waals surface area contributed by atoms with Crippen LogP contribution in [-0.2, 0) is 6.42 Å². The third-order valence-electron chi connectivity index (χ3n) is 2.90. The molecule has 0 radical (unpaired) electrons. The van der Waals surface area contributed by atoms with Crippen molar-refractivity contribution in [3.63, 3.8) is 0 Å². The Morgan fingerprint density at radius 3 is 2.95 bits per heavy atom. The number of H-pyrrole nitrogens is 1. The highest BCUT2D eigenvalue weighted by molar-refractivity contribution is 6.00. The largest absolute Gasteiger partial charge is 0.361 e. The van der Waals surface area contributed by atoms with Crippen molar-refractivity contribution in [2.75, 3.05) is 0 Å². The van der Waals surface area contributed by atoms with E-state index < -0.39 is 0 Å². The number of benzene rings is 1. The normalized spacial score (nSPS) is 11.1. The van der Waals surface area contributed by atoms with E-state index >= 15 is 0 Å². The molecule has 0 atom stereocenters. The first-order valence-corrected chi connectivity index (χ1v) is 5.85. The Bertz CT molecular complexity index is 758. The molecule has 1 N–H and O–H groups in total. The summed E-state index contributed by atoms with van der Waals surface area (Å²) in [6.07, 6.45) is 0.159. The number of halogens is 1. The van der Waals surface area contributed by atoms with E-state index in [1.165, 1.54) is 12.1 Å². The van der Waals surface area contributed by atoms with Gasteiger partial charge in [0.05, 0.1) is 17.8 Å². The number of Topliss-reactive ketones (excluding diaryl/α,β-unsaturated/α-hetero) is 1. The Kier molecular flexibility index (Phi) is 2.67. The van der Waals surface area contributed by atoms with E-state index in [2.05, 4.69) is 10.1 Å². The Hall–Kier alpha value is -2.43. The van der Waals surface area contributed by atoms with Gasteiger partial charge in [0.25, 0.3) is 0 Å². The van der Waals surface area contributed by atoms with Crippen LogP contribution in [0, 0.1) is 12.7 Å². The second kappa shape index (κ2) is 4.35. The first-order valence-electron chi connectivity index (χ1n) is 5.85. The smallest absolute Gasteiger partial charge is 0.185 e. The van der Waals surface area contributed by atoms with Crippen molar-refractivity contribution < 1.29 is 13.7 Å². The molecule has 0 aliphatic rings. The molecule has 3 aromatic rings. The zero-order chi connectivity index (χ0) is 13.4. The molecule has 0 unspecified atom stereocenters. The first-order chi connectivity index (χ1) is 9.11. The third kappa shape index (κ3) is 2.27. The van der Waals surface area contributed by atoms with E-state index in [9.17, 15) is 9.18 Å². The summed E-state index contributed by atoms with van der Waals surface area (Å²) in [5.41, 5.74) is 1.77. The highest BCUT2D eigenvalue weighted by Gasteiger charge is 2.13. The van der Waals surface area contributed by atoms with Gasteiger partial charge in [-0.05, 0) is 31.2 Å². The van der Waals surface area contributed by atoms with E-state index in [4.69, 9.17) is 4.52 Å². The fourth-order valence-corrected chi connectivity index (χ4v) is 2.01. The molecule has 5 heteroatoms. The summed E-state index contributed by atoms with van der Waals surface area (Å²) < 4.78 is 18.0. The number of aryl methyl sites for hydroxylation is 1. The maximum absolute atomic E-state index is 13.1. The van der Waals surface area contributed by atoms with Gasteiger partial charge in [0.1, 0.15) is 11.6 Å². The maximum Gasteiger partial charge on any atom is 0.185 e. The fraction of sp³-hybridized carbons (Fsp3) is 0.143. The molecule has 2 heterocycles. The Morgan fingerprint density at radius 1 is 1.37 bits per heavy atom. The fourth-order valence-electron chi connectivity index (χ4n) is 2.01. The quantitative estimate of drug-likeness (QED) is 0.734. The van der Waals surface area contributed by atoms with E-state index in [1.807, 2.05) is 0 Å². The lowest BCUT2D eigenvalue weighted by molar-refractivity contribution is 0.0987. The van der Waals surface area contributed by atoms with E-state index in [0.717, 1.165) is 5.52 Å². The molecule has 0 saturated heterocycles. The van der Waals surface area contributed by atoms with Gasteiger partial charge in [-0.2, -0.15) is 0 Å². The molecular formula is C14H11FN2O2. The van der Waals surface area contributed by atoms with Crippen LogP contribution in [0.5, 0.6) is 0 Å². The summed E-state index contributed by atoms with van der Waals surface area (Å²) in [6, 6.07) is 7.73. The molecule has 0 fully saturated rings. The van der Waals surface area contributed by atoms with Crippen LogP contribution in [0.1, 0.15) is 21.9 Å². The van der Waals surface area contributed by atoms with Crippen LogP contribution in [0.25, 0.3) is 10.9 Å². The number of carbonyl (C=O) groups excluding carboxylic acids is 1. The average Bonchev–Trinajstić information content (AvgIpc) is 2.95. The lowest BCUT2D eigenvalue weighted by Gasteiger charge is -1.93. The Labute approximate surface area is 108 Å². The minimum atomic E-state index is -0.322. The number of aromatic nitrogens is 2. The number of aromatic amines is 1. The van der Waals surface area contributed by atoms with Gasteiger partial charge in [-0.15, -0.1) is 0 Å². The average molecular weight is 258 g/mol. The van der Waals surface area contributed by atoms with Gasteiger partial charge in [-0.25, -0.2) is 4.39 Å². The van der Waals surface area contributed by atoms with Crippen LogP contribution in [-0.4, -0.2) is 15.9 Å². The number of fused-ring (bicyclic) bond motifs is 1. The van der Waals surface area contributed by atoms with E-state index in [0.29, 0.717) is 22.5 Å². The first kappa shape index (κ1) is 11.6. The van der Waals surface area contributed by atoms with E-state index in [1.54, 1.807) is 25.1 Å². The molecule has 1 aromatic carbocycles. The van der Waals surface area contributed by atoms with Crippen LogP contribution in [0.3, 0.4) is 0 Å². The predicted octanol–water partition coefficient (Wildman–Crippen LogP) is 3.03. The molecule has 0 aliphatic carbocycles. The van der Waals surface area contributed by atoms with Crippen molar-refractivity contribution in [1.82, 2.24) is 10.1 Å². The van der Waals surface area contributed by atoms with Gasteiger partial charge in [-0.1, -0.05) is 5.16 Å². The second-order valence-corrected chi connectivity index (χ2v) is 4.44. The van der Waals surface area contributed by atoms with Crippen molar-refractivity contribution in [2.24, 2.45) is 0 Å². The zero-order valence-electron chi connectivity index (χ0n) is 10.2. The van der Waals surface area contributed by atoms with Crippen LogP contribution in [0.2, 0.25) is 0 Å². The number of hydrogen-bond donors (Lipinski definition) is 1. The number of ketones is 1. The number of hydrogen-bond acceptors (Lipinski definition) is 3. The summed E-state index contributed by atoms with van der Waals surface area (Å²) in [4.78, 5) is 15.0. The van der Waals surface area contributed by atoms with Crippen molar-refractivity contribution in [2.45, 2.75) is 13.3 Å². The van der Waals surface area contributed by atoms with Crippen LogP contribution in [0.4, 0.5) is 4.39 Å². The zero-order valence-corrected chi connectivity index (χ0v) is 10.2. The standard InChI is InChI=1S/C14H11FN2O2/c1-8-4-11(17-19-8)7-14(18)13-6-9-5-10(15)2-3-12(9)16-13/h2-6,16H,7H2,1H3. The number of nitrogens with one attached hydrogen (secondary N) is 1. The van der Waals surface area contributed by atoms with Crippen LogP contribution >= 0.6 is 0 Å². The van der Waals surface area contributed by atoms with Gasteiger partial charge < -0.3 is 9.51 Å². The van der Waals surface area contributed by atoms with Gasteiger partial charge in [-0.3, -0.25) is 4.79 Å². The highest BCUT2D eigenvalue weighted by Crippen LogP contribution is 2.18. The molecule has 96 valence electrons. The second-order valence-electron chi connectivity index (χ2n) is 4.44. The summed E-state index contributed by atoms with van der Waals surface area (Å²) in [5, 5.41) is 4.46. The molecule has 0 saturated carbocycles. The topological polar surface area (TPSA) is 58.9 Å². The van der Waals surface area contributed by atoms with Gasteiger partial charge >= 0.3 is 0 Å². The number of carbonyl (C=O) groups is 1.